The zero-order valence-electron chi connectivity index (χ0n) is 10.5. The average molecular weight is 367 g/mol. The molecule has 0 aliphatic rings. The summed E-state index contributed by atoms with van der Waals surface area (Å²) < 4.78 is 27.1. The van der Waals surface area contributed by atoms with Crippen molar-refractivity contribution >= 4 is 50.5 Å². The topological polar surface area (TPSA) is 66.4 Å². The molecular formula is C13H10Cl3NO3S. The van der Waals surface area contributed by atoms with Crippen LogP contribution in [0.4, 0.5) is 5.69 Å². The van der Waals surface area contributed by atoms with Crippen LogP contribution in [0.15, 0.2) is 41.3 Å². The van der Waals surface area contributed by atoms with Crippen molar-refractivity contribution in [3.8, 4) is 0 Å². The lowest BCUT2D eigenvalue weighted by molar-refractivity contribution is 0.282. The number of aliphatic hydroxyl groups is 1. The summed E-state index contributed by atoms with van der Waals surface area (Å²) >= 11 is 17.8. The molecule has 0 atom stereocenters. The van der Waals surface area contributed by atoms with E-state index >= 15 is 0 Å². The summed E-state index contributed by atoms with van der Waals surface area (Å²) in [5.74, 6) is 0. The number of nitrogens with one attached hydrogen (secondary N) is 1. The van der Waals surface area contributed by atoms with Gasteiger partial charge in [0, 0.05) is 10.6 Å². The number of halogens is 3. The van der Waals surface area contributed by atoms with Crippen molar-refractivity contribution in [3.63, 3.8) is 0 Å². The normalized spacial score (nSPS) is 11.4. The Balaban J connectivity index is 2.48. The van der Waals surface area contributed by atoms with Crippen LogP contribution >= 0.6 is 34.8 Å². The third-order valence-electron chi connectivity index (χ3n) is 2.72. The molecule has 0 amide bonds. The van der Waals surface area contributed by atoms with E-state index in [0.29, 0.717) is 0 Å². The zero-order valence-corrected chi connectivity index (χ0v) is 13.6. The molecule has 0 aliphatic carbocycles. The molecule has 8 heteroatoms. The SMILES string of the molecule is O=S(=O)(Nc1ccccc1Cl)c1ccc(Cl)c(CO)c1Cl. The van der Waals surface area contributed by atoms with E-state index in [0.717, 1.165) is 0 Å². The molecule has 2 aromatic rings. The first kappa shape index (κ1) is 16.4. The highest BCUT2D eigenvalue weighted by Crippen LogP contribution is 2.33. The van der Waals surface area contributed by atoms with E-state index in [-0.39, 0.29) is 31.2 Å². The Morgan fingerprint density at radius 2 is 1.67 bits per heavy atom. The van der Waals surface area contributed by atoms with Crippen molar-refractivity contribution in [1.82, 2.24) is 0 Å². The van der Waals surface area contributed by atoms with Gasteiger partial charge < -0.3 is 5.11 Å². The molecule has 2 rings (SSSR count). The minimum absolute atomic E-state index is 0.121. The number of sulfonamides is 1. The van der Waals surface area contributed by atoms with Gasteiger partial charge in [-0.05, 0) is 24.3 Å². The molecule has 2 aromatic carbocycles. The summed E-state index contributed by atoms with van der Waals surface area (Å²) in [7, 11) is -3.95. The minimum Gasteiger partial charge on any atom is -0.392 e. The maximum Gasteiger partial charge on any atom is 0.263 e. The number of benzene rings is 2. The molecule has 0 saturated heterocycles. The highest BCUT2D eigenvalue weighted by molar-refractivity contribution is 7.92. The van der Waals surface area contributed by atoms with Gasteiger partial charge in [-0.25, -0.2) is 8.42 Å². The summed E-state index contributed by atoms with van der Waals surface area (Å²) in [5, 5.41) is 9.55. The lowest BCUT2D eigenvalue weighted by Gasteiger charge is -2.13. The third-order valence-corrected chi connectivity index (χ3v) is 5.35. The quantitative estimate of drug-likeness (QED) is 0.861. The van der Waals surface area contributed by atoms with Crippen molar-refractivity contribution in [3.05, 3.63) is 57.0 Å². The molecular weight excluding hydrogens is 357 g/mol. The Morgan fingerprint density at radius 1 is 1.00 bits per heavy atom. The maximum absolute atomic E-state index is 12.4. The van der Waals surface area contributed by atoms with E-state index in [1.54, 1.807) is 18.2 Å². The fraction of sp³-hybridized carbons (Fsp3) is 0.0769. The van der Waals surface area contributed by atoms with Crippen LogP contribution in [0.3, 0.4) is 0 Å². The highest BCUT2D eigenvalue weighted by atomic mass is 35.5. The van der Waals surface area contributed by atoms with Gasteiger partial charge in [-0.15, -0.1) is 0 Å². The number of hydrogen-bond donors (Lipinski definition) is 2. The molecule has 0 bridgehead atoms. The summed E-state index contributed by atoms with van der Waals surface area (Å²) in [5.41, 5.74) is 0.385. The lowest BCUT2D eigenvalue weighted by atomic mass is 10.2. The number of anilines is 1. The zero-order chi connectivity index (χ0) is 15.6. The largest absolute Gasteiger partial charge is 0.392 e. The molecule has 4 nitrogen and oxygen atoms in total. The van der Waals surface area contributed by atoms with Crippen molar-refractivity contribution in [2.45, 2.75) is 11.5 Å². The van der Waals surface area contributed by atoms with Crippen molar-refractivity contribution in [2.75, 3.05) is 4.72 Å². The Bertz CT molecular complexity index is 778. The monoisotopic (exact) mass is 365 g/mol. The first-order chi connectivity index (χ1) is 9.86. The van der Waals surface area contributed by atoms with Crippen molar-refractivity contribution < 1.29 is 13.5 Å². The summed E-state index contributed by atoms with van der Waals surface area (Å²) in [6.45, 7) is -0.465. The number of hydrogen-bond acceptors (Lipinski definition) is 3. The molecule has 0 saturated carbocycles. The van der Waals surface area contributed by atoms with Gasteiger partial charge in [-0.1, -0.05) is 46.9 Å². The molecule has 0 heterocycles. The van der Waals surface area contributed by atoms with Gasteiger partial charge in [-0.3, -0.25) is 4.72 Å². The summed E-state index contributed by atoms with van der Waals surface area (Å²) in [6.07, 6.45) is 0. The smallest absolute Gasteiger partial charge is 0.263 e. The predicted molar refractivity (Wildman–Crippen MR) is 84.6 cm³/mol. The first-order valence-electron chi connectivity index (χ1n) is 5.72. The number of rotatable bonds is 4. The van der Waals surface area contributed by atoms with Crippen LogP contribution < -0.4 is 4.72 Å². The Kier molecular flexibility index (Phi) is 5.01. The van der Waals surface area contributed by atoms with Gasteiger partial charge in [0.15, 0.2) is 0 Å². The van der Waals surface area contributed by atoms with Gasteiger partial charge in [-0.2, -0.15) is 0 Å². The van der Waals surface area contributed by atoms with Gasteiger partial charge in [0.2, 0.25) is 0 Å². The fourth-order valence-corrected chi connectivity index (χ4v) is 3.89. The van der Waals surface area contributed by atoms with Crippen molar-refractivity contribution in [2.24, 2.45) is 0 Å². The molecule has 0 aliphatic heterocycles. The Morgan fingerprint density at radius 3 is 2.29 bits per heavy atom. The third kappa shape index (κ3) is 3.44. The maximum atomic E-state index is 12.4. The first-order valence-corrected chi connectivity index (χ1v) is 8.33. The molecule has 0 unspecified atom stereocenters. The Labute approximate surface area is 137 Å². The van der Waals surface area contributed by atoms with E-state index < -0.39 is 16.6 Å². The van der Waals surface area contributed by atoms with E-state index in [4.69, 9.17) is 34.8 Å². The van der Waals surface area contributed by atoms with Crippen LogP contribution in [0.25, 0.3) is 0 Å². The summed E-state index contributed by atoms with van der Waals surface area (Å²) in [4.78, 5) is -0.183. The number of para-hydroxylation sites is 1. The van der Waals surface area contributed by atoms with Crippen LogP contribution in [0, 0.1) is 0 Å². The number of aliphatic hydroxyl groups excluding tert-OH is 1. The second-order valence-corrected chi connectivity index (χ2v) is 6.92. The average Bonchev–Trinajstić information content (AvgIpc) is 2.41. The van der Waals surface area contributed by atoms with Crippen LogP contribution in [0.1, 0.15) is 5.56 Å². The molecule has 112 valence electrons. The van der Waals surface area contributed by atoms with E-state index in [1.807, 2.05) is 0 Å². The van der Waals surface area contributed by atoms with Crippen LogP contribution in [0.5, 0.6) is 0 Å². The molecule has 21 heavy (non-hydrogen) atoms. The van der Waals surface area contributed by atoms with E-state index in [9.17, 15) is 13.5 Å². The molecule has 0 fully saturated rings. The van der Waals surface area contributed by atoms with E-state index in [2.05, 4.69) is 4.72 Å². The molecule has 0 spiro atoms. The molecule has 0 radical (unpaired) electrons. The minimum atomic E-state index is -3.95. The van der Waals surface area contributed by atoms with Crippen LogP contribution in [0.2, 0.25) is 15.1 Å². The summed E-state index contributed by atoms with van der Waals surface area (Å²) in [6, 6.07) is 9.04. The second-order valence-electron chi connectivity index (χ2n) is 4.08. The van der Waals surface area contributed by atoms with Crippen LogP contribution in [-0.4, -0.2) is 13.5 Å². The predicted octanol–water partition coefficient (Wildman–Crippen LogP) is 3.94. The Hall–Kier alpha value is -0.980. The second kappa shape index (κ2) is 6.42. The van der Waals surface area contributed by atoms with Crippen molar-refractivity contribution in [1.29, 1.82) is 0 Å². The van der Waals surface area contributed by atoms with Gasteiger partial charge in [0.05, 0.1) is 22.3 Å². The highest BCUT2D eigenvalue weighted by Gasteiger charge is 2.22. The molecule has 0 aromatic heterocycles. The van der Waals surface area contributed by atoms with Gasteiger partial charge >= 0.3 is 0 Å². The molecule has 2 N–H and O–H groups in total. The van der Waals surface area contributed by atoms with Gasteiger partial charge in [0.25, 0.3) is 10.0 Å². The van der Waals surface area contributed by atoms with Crippen LogP contribution in [-0.2, 0) is 16.6 Å². The lowest BCUT2D eigenvalue weighted by Crippen LogP contribution is -2.14. The van der Waals surface area contributed by atoms with E-state index in [1.165, 1.54) is 18.2 Å². The standard InChI is InChI=1S/C13H10Cl3NO3S/c14-9-5-6-12(13(16)8(9)7-18)21(19,20)17-11-4-2-1-3-10(11)15/h1-6,17-18H,7H2. The van der Waals surface area contributed by atoms with Gasteiger partial charge in [0.1, 0.15) is 4.90 Å². The fourth-order valence-electron chi connectivity index (χ4n) is 1.67.